The Balaban J connectivity index is 1.29. The minimum atomic E-state index is -1.08. The van der Waals surface area contributed by atoms with Crippen LogP contribution >= 0.6 is 11.8 Å². The number of halogens is 2. The Hall–Kier alpha value is -2.22. The number of methoxy groups -OCH3 is 1. The van der Waals surface area contributed by atoms with E-state index in [1.807, 2.05) is 18.2 Å². The summed E-state index contributed by atoms with van der Waals surface area (Å²) >= 11 is 1.71. The Morgan fingerprint density at radius 3 is 2.76 bits per heavy atom. The van der Waals surface area contributed by atoms with Gasteiger partial charge in [-0.15, -0.1) is 11.8 Å². The molecule has 34 heavy (non-hydrogen) atoms. The molecule has 0 amide bonds. The number of rotatable bonds is 10. The summed E-state index contributed by atoms with van der Waals surface area (Å²) in [6, 6.07) is 13.9. The number of fused-ring (bicyclic) bond motifs is 1. The van der Waals surface area contributed by atoms with E-state index in [0.717, 1.165) is 54.0 Å². The van der Waals surface area contributed by atoms with Crippen molar-refractivity contribution in [3.05, 3.63) is 66.1 Å². The first-order chi connectivity index (χ1) is 16.6. The Morgan fingerprint density at radius 1 is 1.18 bits per heavy atom. The Bertz CT molecular complexity index is 1070. The first-order valence-corrected chi connectivity index (χ1v) is 12.8. The fourth-order valence-electron chi connectivity index (χ4n) is 4.83. The highest BCUT2D eigenvalue weighted by Crippen LogP contribution is 2.35. The summed E-state index contributed by atoms with van der Waals surface area (Å²) in [5.41, 5.74) is 1.42. The predicted molar refractivity (Wildman–Crippen MR) is 134 cm³/mol. The minimum absolute atomic E-state index is 0.124. The van der Waals surface area contributed by atoms with E-state index < -0.39 is 6.17 Å². The molecule has 1 aliphatic heterocycles. The summed E-state index contributed by atoms with van der Waals surface area (Å²) in [5.74, 6) is 1.86. The van der Waals surface area contributed by atoms with Crippen molar-refractivity contribution in [2.24, 2.45) is 11.8 Å². The SMILES string of the molecule is COc1ccc2nccc([C@H](F)CC[C@@H]3CCN(CCSc4ccc(F)cc4)C[C@@H]3CO)c2c1. The van der Waals surface area contributed by atoms with Gasteiger partial charge in [-0.2, -0.15) is 0 Å². The maximum absolute atomic E-state index is 15.3. The van der Waals surface area contributed by atoms with Crippen LogP contribution in [0.2, 0.25) is 0 Å². The van der Waals surface area contributed by atoms with Gasteiger partial charge in [0.15, 0.2) is 0 Å². The van der Waals surface area contributed by atoms with Crippen LogP contribution in [0.3, 0.4) is 0 Å². The summed E-state index contributed by atoms with van der Waals surface area (Å²) in [5, 5.41) is 10.8. The molecular formula is C27H32F2N2O2S. The van der Waals surface area contributed by atoms with Gasteiger partial charge in [-0.05, 0) is 91.7 Å². The Morgan fingerprint density at radius 2 is 2.00 bits per heavy atom. The van der Waals surface area contributed by atoms with Crippen molar-refractivity contribution < 1.29 is 18.6 Å². The maximum atomic E-state index is 15.3. The average Bonchev–Trinajstić information content (AvgIpc) is 2.88. The molecule has 0 spiro atoms. The molecule has 0 aliphatic carbocycles. The fourth-order valence-corrected chi connectivity index (χ4v) is 5.75. The van der Waals surface area contributed by atoms with Gasteiger partial charge in [-0.1, -0.05) is 0 Å². The number of piperidine rings is 1. The van der Waals surface area contributed by atoms with E-state index >= 15 is 4.39 Å². The topological polar surface area (TPSA) is 45.6 Å². The third-order valence-corrected chi connectivity index (χ3v) is 7.80. The lowest BCUT2D eigenvalue weighted by molar-refractivity contribution is 0.0672. The Labute approximate surface area is 204 Å². The van der Waals surface area contributed by atoms with E-state index in [2.05, 4.69) is 9.88 Å². The monoisotopic (exact) mass is 486 g/mol. The molecule has 7 heteroatoms. The number of nitrogens with zero attached hydrogens (tertiary/aromatic N) is 2. The number of aliphatic hydroxyl groups excluding tert-OH is 1. The van der Waals surface area contributed by atoms with Crippen molar-refractivity contribution in [3.8, 4) is 5.75 Å². The van der Waals surface area contributed by atoms with Crippen molar-refractivity contribution in [2.45, 2.75) is 30.3 Å². The molecule has 1 fully saturated rings. The van der Waals surface area contributed by atoms with Crippen molar-refractivity contribution >= 4 is 22.7 Å². The standard InChI is InChI=1S/C27H32F2N2O2S/c1-33-22-5-9-27-25(16-22)24(10-12-30-27)26(29)8-2-19-11-13-31(17-20(19)18-32)14-15-34-23-6-3-21(28)4-7-23/h3-7,9-10,12,16,19-20,26,32H,2,8,11,13-15,17-18H2,1H3/t19-,20-,26-/m1/s1. The van der Waals surface area contributed by atoms with Gasteiger partial charge < -0.3 is 14.7 Å². The van der Waals surface area contributed by atoms with Crippen LogP contribution in [0.25, 0.3) is 10.9 Å². The summed E-state index contributed by atoms with van der Waals surface area (Å²) in [6.07, 6.45) is 2.72. The molecule has 1 aromatic heterocycles. The van der Waals surface area contributed by atoms with Gasteiger partial charge in [0.2, 0.25) is 0 Å². The van der Waals surface area contributed by atoms with Crippen LogP contribution in [-0.4, -0.2) is 54.1 Å². The van der Waals surface area contributed by atoms with Gasteiger partial charge in [0.25, 0.3) is 0 Å². The van der Waals surface area contributed by atoms with Crippen LogP contribution in [-0.2, 0) is 0 Å². The van der Waals surface area contributed by atoms with E-state index in [4.69, 9.17) is 4.74 Å². The molecule has 0 unspecified atom stereocenters. The molecule has 3 aromatic rings. The first-order valence-electron chi connectivity index (χ1n) is 11.9. The molecule has 3 atom stereocenters. The second-order valence-electron chi connectivity index (χ2n) is 8.92. The number of ether oxygens (including phenoxy) is 1. The zero-order chi connectivity index (χ0) is 23.9. The van der Waals surface area contributed by atoms with Gasteiger partial charge in [-0.25, -0.2) is 8.78 Å². The number of alkyl halides is 1. The van der Waals surface area contributed by atoms with Crippen LogP contribution in [0.15, 0.2) is 59.6 Å². The lowest BCUT2D eigenvalue weighted by Crippen LogP contribution is -2.43. The lowest BCUT2D eigenvalue weighted by Gasteiger charge is -2.38. The van der Waals surface area contributed by atoms with E-state index in [0.29, 0.717) is 23.7 Å². The second kappa shape index (κ2) is 12.0. The highest BCUT2D eigenvalue weighted by molar-refractivity contribution is 7.99. The van der Waals surface area contributed by atoms with Crippen LogP contribution in [0.1, 0.15) is 31.0 Å². The number of pyridine rings is 1. The molecule has 182 valence electrons. The molecule has 1 saturated heterocycles. The smallest absolute Gasteiger partial charge is 0.126 e. The Kier molecular flexibility index (Phi) is 8.75. The van der Waals surface area contributed by atoms with Gasteiger partial charge in [0.1, 0.15) is 17.7 Å². The zero-order valence-corrected chi connectivity index (χ0v) is 20.3. The highest BCUT2D eigenvalue weighted by atomic mass is 32.2. The van der Waals surface area contributed by atoms with Gasteiger partial charge in [0, 0.05) is 41.9 Å². The van der Waals surface area contributed by atoms with Gasteiger partial charge in [0.05, 0.1) is 12.6 Å². The lowest BCUT2D eigenvalue weighted by atomic mass is 9.81. The quantitative estimate of drug-likeness (QED) is 0.362. The van der Waals surface area contributed by atoms with Crippen molar-refractivity contribution in [1.29, 1.82) is 0 Å². The van der Waals surface area contributed by atoms with Crippen molar-refractivity contribution in [3.63, 3.8) is 0 Å². The molecule has 4 rings (SSSR count). The predicted octanol–water partition coefficient (Wildman–Crippen LogP) is 5.90. The third-order valence-electron chi connectivity index (χ3n) is 6.81. The molecule has 2 heterocycles. The molecule has 1 N–H and O–H groups in total. The molecular weight excluding hydrogens is 454 g/mol. The number of aromatic nitrogens is 1. The van der Waals surface area contributed by atoms with E-state index in [-0.39, 0.29) is 18.3 Å². The van der Waals surface area contributed by atoms with Gasteiger partial charge >= 0.3 is 0 Å². The zero-order valence-electron chi connectivity index (χ0n) is 19.5. The largest absolute Gasteiger partial charge is 0.497 e. The highest BCUT2D eigenvalue weighted by Gasteiger charge is 2.29. The molecule has 2 aromatic carbocycles. The fraction of sp³-hybridized carbons (Fsp3) is 0.444. The van der Waals surface area contributed by atoms with E-state index in [9.17, 15) is 9.50 Å². The molecule has 0 bridgehead atoms. The molecule has 1 aliphatic rings. The maximum Gasteiger partial charge on any atom is 0.126 e. The van der Waals surface area contributed by atoms with Crippen LogP contribution in [0, 0.1) is 17.7 Å². The third kappa shape index (κ3) is 6.26. The van der Waals surface area contributed by atoms with Crippen LogP contribution < -0.4 is 4.74 Å². The summed E-state index contributed by atoms with van der Waals surface area (Å²) in [4.78, 5) is 7.79. The first kappa shape index (κ1) is 24.9. The van der Waals surface area contributed by atoms with Crippen molar-refractivity contribution in [2.75, 3.05) is 39.1 Å². The summed E-state index contributed by atoms with van der Waals surface area (Å²) in [7, 11) is 1.60. The average molecular weight is 487 g/mol. The number of benzene rings is 2. The van der Waals surface area contributed by atoms with Crippen LogP contribution in [0.5, 0.6) is 5.75 Å². The number of hydrogen-bond donors (Lipinski definition) is 1. The van der Waals surface area contributed by atoms with Crippen molar-refractivity contribution in [1.82, 2.24) is 9.88 Å². The second-order valence-corrected chi connectivity index (χ2v) is 10.1. The summed E-state index contributed by atoms with van der Waals surface area (Å²) < 4.78 is 33.7. The number of thioether (sulfide) groups is 1. The minimum Gasteiger partial charge on any atom is -0.497 e. The van der Waals surface area contributed by atoms with Gasteiger partial charge in [-0.3, -0.25) is 4.98 Å². The molecule has 0 radical (unpaired) electrons. The molecule has 0 saturated carbocycles. The van der Waals surface area contributed by atoms with Crippen LogP contribution in [0.4, 0.5) is 8.78 Å². The number of likely N-dealkylation sites (tertiary alicyclic amines) is 1. The molecule has 4 nitrogen and oxygen atoms in total. The van der Waals surface area contributed by atoms with E-state index in [1.54, 1.807) is 43.3 Å². The van der Waals surface area contributed by atoms with E-state index in [1.165, 1.54) is 12.1 Å². The summed E-state index contributed by atoms with van der Waals surface area (Å²) in [6.45, 7) is 2.83. The number of hydrogen-bond acceptors (Lipinski definition) is 5. The normalized spacial score (nSPS) is 19.9. The number of aliphatic hydroxyl groups is 1.